The van der Waals surface area contributed by atoms with Gasteiger partial charge >= 0.3 is 0 Å². The Hall–Kier alpha value is -1.34. The van der Waals surface area contributed by atoms with E-state index >= 15 is 0 Å². The van der Waals surface area contributed by atoms with Crippen molar-refractivity contribution in [3.63, 3.8) is 0 Å². The van der Waals surface area contributed by atoms with Gasteiger partial charge in [-0.3, -0.25) is 0 Å². The second kappa shape index (κ2) is 3.07. The van der Waals surface area contributed by atoms with Crippen molar-refractivity contribution in [1.82, 2.24) is 0 Å². The lowest BCUT2D eigenvalue weighted by molar-refractivity contribution is 0.159. The Morgan fingerprint density at radius 2 is 1.93 bits per heavy atom. The summed E-state index contributed by atoms with van der Waals surface area (Å²) in [4.78, 5) is 0. The van der Waals surface area contributed by atoms with Crippen LogP contribution in [0.5, 0.6) is 0 Å². The zero-order valence-corrected chi connectivity index (χ0v) is 9.46. The van der Waals surface area contributed by atoms with Crippen LogP contribution in [0.2, 0.25) is 0 Å². The summed E-state index contributed by atoms with van der Waals surface area (Å²) in [5.41, 5.74) is 2.30. The van der Waals surface area contributed by atoms with E-state index in [1.165, 1.54) is 0 Å². The van der Waals surface area contributed by atoms with E-state index in [0.717, 1.165) is 27.1 Å². The number of aliphatic hydroxyl groups is 1. The Balaban J connectivity index is 2.96. The zero-order valence-electron chi connectivity index (χ0n) is 9.46. The molecule has 1 N–H and O–H groups in total. The molecule has 0 heterocycles. The molecule has 0 saturated heterocycles. The highest BCUT2D eigenvalue weighted by atomic mass is 16.3. The summed E-state index contributed by atoms with van der Waals surface area (Å²) in [6, 6.07) is 6.04. The van der Waals surface area contributed by atoms with Crippen LogP contribution in [-0.2, 0) is 0 Å². The van der Waals surface area contributed by atoms with Crippen molar-refractivity contribution in [3.8, 4) is 0 Å². The summed E-state index contributed by atoms with van der Waals surface area (Å²) in [5, 5.41) is 12.4. The number of benzene rings is 1. The van der Waals surface area contributed by atoms with Gasteiger partial charge in [-0.2, -0.15) is 0 Å². The van der Waals surface area contributed by atoms with E-state index in [-0.39, 0.29) is 0 Å². The first-order chi connectivity index (χ1) is 6.94. The third-order valence-electron chi connectivity index (χ3n) is 3.43. The molecule has 1 heteroatoms. The van der Waals surface area contributed by atoms with Crippen LogP contribution in [0, 0.1) is 0 Å². The zero-order chi connectivity index (χ0) is 11.2. The van der Waals surface area contributed by atoms with E-state index in [2.05, 4.69) is 12.6 Å². The standard InChI is InChI=1S/C14H16O/c1-9-6-5-7-12-8-10(2)14(4,15)11(3)13(9)12/h5-8,15H,1H2,2-4H3. The lowest BCUT2D eigenvalue weighted by atomic mass is 9.82. The molecule has 78 valence electrons. The van der Waals surface area contributed by atoms with Gasteiger partial charge in [0.25, 0.3) is 0 Å². The maximum atomic E-state index is 10.3. The van der Waals surface area contributed by atoms with E-state index in [0.29, 0.717) is 0 Å². The smallest absolute Gasteiger partial charge is 0.105 e. The maximum absolute atomic E-state index is 10.3. The summed E-state index contributed by atoms with van der Waals surface area (Å²) >= 11 is 0. The van der Waals surface area contributed by atoms with Crippen molar-refractivity contribution in [3.05, 3.63) is 39.8 Å². The topological polar surface area (TPSA) is 20.2 Å². The molecule has 0 bridgehead atoms. The van der Waals surface area contributed by atoms with Crippen LogP contribution < -0.4 is 10.4 Å². The molecule has 0 aromatic heterocycles. The van der Waals surface area contributed by atoms with Crippen LogP contribution in [0.3, 0.4) is 0 Å². The summed E-state index contributed by atoms with van der Waals surface area (Å²) in [7, 11) is 0. The van der Waals surface area contributed by atoms with Crippen molar-refractivity contribution in [2.45, 2.75) is 26.4 Å². The average molecular weight is 200 g/mol. The van der Waals surface area contributed by atoms with Gasteiger partial charge in [-0.1, -0.05) is 30.9 Å². The van der Waals surface area contributed by atoms with Crippen molar-refractivity contribution < 1.29 is 5.11 Å². The molecule has 1 aliphatic carbocycles. The fraction of sp³-hybridized carbons (Fsp3) is 0.286. The van der Waals surface area contributed by atoms with E-state index in [1.54, 1.807) is 0 Å². The molecule has 1 aromatic carbocycles. The molecule has 0 radical (unpaired) electrons. The highest BCUT2D eigenvalue weighted by Crippen LogP contribution is 2.28. The molecular weight excluding hydrogens is 184 g/mol. The molecule has 1 unspecified atom stereocenters. The van der Waals surface area contributed by atoms with Crippen LogP contribution in [-0.4, -0.2) is 10.7 Å². The fourth-order valence-corrected chi connectivity index (χ4v) is 2.11. The van der Waals surface area contributed by atoms with Crippen molar-refractivity contribution in [2.24, 2.45) is 0 Å². The van der Waals surface area contributed by atoms with Gasteiger partial charge in [0.05, 0.1) is 0 Å². The molecule has 1 aliphatic rings. The second-order valence-electron chi connectivity index (χ2n) is 4.41. The van der Waals surface area contributed by atoms with Crippen LogP contribution in [0.15, 0.2) is 23.8 Å². The van der Waals surface area contributed by atoms with E-state index in [9.17, 15) is 5.11 Å². The monoisotopic (exact) mass is 200 g/mol. The van der Waals surface area contributed by atoms with Crippen molar-refractivity contribution in [1.29, 1.82) is 0 Å². The van der Waals surface area contributed by atoms with Gasteiger partial charge in [-0.25, -0.2) is 0 Å². The summed E-state index contributed by atoms with van der Waals surface area (Å²) in [6.45, 7) is 9.79. The normalized spacial score (nSPS) is 24.8. The Bertz CT molecular complexity index is 547. The summed E-state index contributed by atoms with van der Waals surface area (Å²) < 4.78 is 0. The minimum atomic E-state index is -0.833. The molecule has 15 heavy (non-hydrogen) atoms. The third kappa shape index (κ3) is 1.35. The Kier molecular flexibility index (Phi) is 2.09. The van der Waals surface area contributed by atoms with Gasteiger partial charge < -0.3 is 5.11 Å². The second-order valence-corrected chi connectivity index (χ2v) is 4.41. The first-order valence-electron chi connectivity index (χ1n) is 5.15. The molecule has 0 fully saturated rings. The largest absolute Gasteiger partial charge is 0.381 e. The Morgan fingerprint density at radius 3 is 2.60 bits per heavy atom. The van der Waals surface area contributed by atoms with Crippen LogP contribution in [0.4, 0.5) is 0 Å². The SMILES string of the molecule is C=c1cccc2c1=C(C)C(C)(O)C(C)=C2. The first kappa shape index (κ1) is 10.2. The lowest BCUT2D eigenvalue weighted by Gasteiger charge is -2.29. The lowest BCUT2D eigenvalue weighted by Crippen LogP contribution is -2.40. The fourth-order valence-electron chi connectivity index (χ4n) is 2.11. The minimum absolute atomic E-state index is 0.833. The van der Waals surface area contributed by atoms with Gasteiger partial charge in [0.2, 0.25) is 0 Å². The molecule has 0 amide bonds. The quantitative estimate of drug-likeness (QED) is 0.672. The van der Waals surface area contributed by atoms with Crippen LogP contribution >= 0.6 is 0 Å². The van der Waals surface area contributed by atoms with Crippen LogP contribution in [0.25, 0.3) is 18.2 Å². The van der Waals surface area contributed by atoms with Gasteiger partial charge in [0.15, 0.2) is 0 Å². The molecule has 0 saturated carbocycles. The average Bonchev–Trinajstić information content (AvgIpc) is 2.15. The molecule has 1 aromatic rings. The first-order valence-corrected chi connectivity index (χ1v) is 5.15. The van der Waals surface area contributed by atoms with E-state index in [4.69, 9.17) is 0 Å². The molecule has 2 rings (SSSR count). The van der Waals surface area contributed by atoms with Gasteiger partial charge in [-0.15, -0.1) is 0 Å². The number of fused-ring (bicyclic) bond motifs is 1. The van der Waals surface area contributed by atoms with Gasteiger partial charge in [-0.05, 0) is 47.9 Å². The minimum Gasteiger partial charge on any atom is -0.381 e. The van der Waals surface area contributed by atoms with Crippen molar-refractivity contribution in [2.75, 3.05) is 0 Å². The predicted octanol–water partition coefficient (Wildman–Crippen LogP) is 1.44. The van der Waals surface area contributed by atoms with E-state index < -0.39 is 5.60 Å². The molecule has 1 nitrogen and oxygen atoms in total. The summed E-state index contributed by atoms with van der Waals surface area (Å²) in [5.74, 6) is 0. The number of hydrogen-bond acceptors (Lipinski definition) is 1. The maximum Gasteiger partial charge on any atom is 0.105 e. The number of hydrogen-bond donors (Lipinski definition) is 1. The Labute approximate surface area is 90.1 Å². The molecule has 0 aliphatic heterocycles. The third-order valence-corrected chi connectivity index (χ3v) is 3.43. The van der Waals surface area contributed by atoms with Crippen LogP contribution in [0.1, 0.15) is 26.3 Å². The molecule has 1 atom stereocenters. The van der Waals surface area contributed by atoms with E-state index in [1.807, 2.05) is 39.0 Å². The highest BCUT2D eigenvalue weighted by molar-refractivity contribution is 5.72. The van der Waals surface area contributed by atoms with Gasteiger partial charge in [0, 0.05) is 0 Å². The van der Waals surface area contributed by atoms with Crippen molar-refractivity contribution >= 4 is 18.2 Å². The molecular formula is C14H16O. The van der Waals surface area contributed by atoms with Gasteiger partial charge in [0.1, 0.15) is 5.60 Å². The number of rotatable bonds is 0. The predicted molar refractivity (Wildman–Crippen MR) is 64.6 cm³/mol. The highest BCUT2D eigenvalue weighted by Gasteiger charge is 2.28. The Morgan fingerprint density at radius 1 is 1.27 bits per heavy atom. The molecule has 0 spiro atoms. The summed E-state index contributed by atoms with van der Waals surface area (Å²) in [6.07, 6.45) is 2.04.